The van der Waals surface area contributed by atoms with Crippen LogP contribution in [0.1, 0.15) is 33.1 Å². The molecule has 0 amide bonds. The predicted octanol–water partition coefficient (Wildman–Crippen LogP) is 2.52. The molecule has 0 spiro atoms. The maximum absolute atomic E-state index is 3.60. The highest BCUT2D eigenvalue weighted by Gasteiger charge is 2.24. The zero-order valence-corrected chi connectivity index (χ0v) is 9.29. The van der Waals surface area contributed by atoms with Gasteiger partial charge in [-0.25, -0.2) is 0 Å². The first-order chi connectivity index (χ1) is 5.72. The van der Waals surface area contributed by atoms with E-state index in [0.717, 1.165) is 17.2 Å². The lowest BCUT2D eigenvalue weighted by atomic mass is 9.82. The molecule has 1 N–H and O–H groups in total. The van der Waals surface area contributed by atoms with Crippen molar-refractivity contribution in [1.29, 1.82) is 0 Å². The molecule has 0 bridgehead atoms. The minimum atomic E-state index is 0.815. The Bertz CT molecular complexity index is 121. The van der Waals surface area contributed by atoms with Gasteiger partial charge in [-0.2, -0.15) is 11.8 Å². The molecule has 1 rings (SSSR count). The van der Waals surface area contributed by atoms with Crippen LogP contribution in [0.2, 0.25) is 0 Å². The molecule has 0 aliphatic heterocycles. The zero-order valence-electron chi connectivity index (χ0n) is 8.47. The van der Waals surface area contributed by atoms with Gasteiger partial charge in [0.05, 0.1) is 0 Å². The Hall–Kier alpha value is 0.310. The van der Waals surface area contributed by atoms with Crippen LogP contribution in [0.15, 0.2) is 0 Å². The lowest BCUT2D eigenvalue weighted by Crippen LogP contribution is -2.40. The van der Waals surface area contributed by atoms with Crippen LogP contribution in [-0.4, -0.2) is 24.1 Å². The highest BCUT2D eigenvalue weighted by molar-refractivity contribution is 7.99. The van der Waals surface area contributed by atoms with E-state index in [-0.39, 0.29) is 0 Å². The first kappa shape index (κ1) is 10.4. The van der Waals surface area contributed by atoms with Crippen LogP contribution in [-0.2, 0) is 0 Å². The highest BCUT2D eigenvalue weighted by atomic mass is 32.2. The summed E-state index contributed by atoms with van der Waals surface area (Å²) in [5.74, 6) is 0.973. The summed E-state index contributed by atoms with van der Waals surface area (Å²) in [6, 6.07) is 0.842. The minimum absolute atomic E-state index is 0.815. The molecule has 1 atom stereocenters. The minimum Gasteiger partial charge on any atom is -0.314 e. The molecule has 0 saturated heterocycles. The van der Waals surface area contributed by atoms with Gasteiger partial charge in [0.25, 0.3) is 0 Å². The monoisotopic (exact) mass is 187 g/mol. The molecule has 1 aliphatic carbocycles. The normalized spacial score (nSPS) is 31.2. The molecule has 1 unspecified atom stereocenters. The molecule has 72 valence electrons. The van der Waals surface area contributed by atoms with E-state index in [0.29, 0.717) is 0 Å². The Balaban J connectivity index is 1.89. The summed E-state index contributed by atoms with van der Waals surface area (Å²) >= 11 is 1.96. The fraction of sp³-hybridized carbons (Fsp3) is 1.00. The standard InChI is InChI=1S/C10H21NS/c1-8-6-10(7-8)11-5-4-9(2)12-3/h8-11H,4-7H2,1-3H3. The fourth-order valence-corrected chi connectivity index (χ4v) is 2.03. The maximum atomic E-state index is 3.60. The first-order valence-corrected chi connectivity index (χ1v) is 6.27. The summed E-state index contributed by atoms with van der Waals surface area (Å²) < 4.78 is 0. The average molecular weight is 187 g/mol. The van der Waals surface area contributed by atoms with E-state index in [9.17, 15) is 0 Å². The van der Waals surface area contributed by atoms with Crippen LogP contribution in [0.25, 0.3) is 0 Å². The maximum Gasteiger partial charge on any atom is 0.00721 e. The largest absolute Gasteiger partial charge is 0.314 e. The van der Waals surface area contributed by atoms with E-state index in [4.69, 9.17) is 0 Å². The van der Waals surface area contributed by atoms with Gasteiger partial charge in [-0.1, -0.05) is 13.8 Å². The van der Waals surface area contributed by atoms with Crippen LogP contribution in [0.3, 0.4) is 0 Å². The molecule has 0 aromatic heterocycles. The zero-order chi connectivity index (χ0) is 8.97. The van der Waals surface area contributed by atoms with Gasteiger partial charge in [0, 0.05) is 11.3 Å². The second-order valence-corrected chi connectivity index (χ2v) is 5.34. The van der Waals surface area contributed by atoms with Crippen molar-refractivity contribution in [1.82, 2.24) is 5.32 Å². The van der Waals surface area contributed by atoms with Gasteiger partial charge in [0.2, 0.25) is 0 Å². The third-order valence-corrected chi connectivity index (χ3v) is 3.80. The quantitative estimate of drug-likeness (QED) is 0.710. The highest BCUT2D eigenvalue weighted by Crippen LogP contribution is 2.26. The summed E-state index contributed by atoms with van der Waals surface area (Å²) in [7, 11) is 0. The molecule has 1 nitrogen and oxygen atoms in total. The van der Waals surface area contributed by atoms with E-state index in [1.165, 1.54) is 25.8 Å². The Morgan fingerprint density at radius 3 is 2.67 bits per heavy atom. The van der Waals surface area contributed by atoms with Gasteiger partial charge in [-0.3, -0.25) is 0 Å². The molecule has 1 aliphatic rings. The first-order valence-electron chi connectivity index (χ1n) is 4.98. The van der Waals surface area contributed by atoms with Gasteiger partial charge in [0.15, 0.2) is 0 Å². The van der Waals surface area contributed by atoms with Crippen LogP contribution in [0, 0.1) is 5.92 Å². The van der Waals surface area contributed by atoms with Crippen molar-refractivity contribution in [2.24, 2.45) is 5.92 Å². The second-order valence-electron chi connectivity index (χ2n) is 4.06. The van der Waals surface area contributed by atoms with Crippen molar-refractivity contribution in [2.45, 2.75) is 44.4 Å². The van der Waals surface area contributed by atoms with Gasteiger partial charge in [-0.15, -0.1) is 0 Å². The smallest absolute Gasteiger partial charge is 0.00721 e. The molecule has 1 saturated carbocycles. The Morgan fingerprint density at radius 2 is 2.17 bits per heavy atom. The van der Waals surface area contributed by atoms with Crippen molar-refractivity contribution >= 4 is 11.8 Å². The average Bonchev–Trinajstić information content (AvgIpc) is 2.01. The van der Waals surface area contributed by atoms with E-state index in [2.05, 4.69) is 25.4 Å². The van der Waals surface area contributed by atoms with Gasteiger partial charge in [0.1, 0.15) is 0 Å². The van der Waals surface area contributed by atoms with Gasteiger partial charge >= 0.3 is 0 Å². The van der Waals surface area contributed by atoms with Crippen molar-refractivity contribution in [3.63, 3.8) is 0 Å². The fourth-order valence-electron chi connectivity index (χ4n) is 1.68. The molecule has 0 radical (unpaired) electrons. The lowest BCUT2D eigenvalue weighted by molar-refractivity contribution is 0.242. The Morgan fingerprint density at radius 1 is 1.50 bits per heavy atom. The van der Waals surface area contributed by atoms with E-state index in [1.54, 1.807) is 0 Å². The van der Waals surface area contributed by atoms with Crippen molar-refractivity contribution < 1.29 is 0 Å². The van der Waals surface area contributed by atoms with Crippen molar-refractivity contribution in [3.8, 4) is 0 Å². The number of rotatable bonds is 5. The van der Waals surface area contributed by atoms with Crippen molar-refractivity contribution in [2.75, 3.05) is 12.8 Å². The third kappa shape index (κ3) is 3.36. The summed E-state index contributed by atoms with van der Waals surface area (Å²) in [6.45, 7) is 5.85. The number of hydrogen-bond acceptors (Lipinski definition) is 2. The summed E-state index contributed by atoms with van der Waals surface area (Å²) in [5, 5.41) is 4.42. The second kappa shape index (κ2) is 5.13. The lowest BCUT2D eigenvalue weighted by Gasteiger charge is -2.33. The van der Waals surface area contributed by atoms with E-state index in [1.807, 2.05) is 11.8 Å². The topological polar surface area (TPSA) is 12.0 Å². The van der Waals surface area contributed by atoms with Crippen LogP contribution >= 0.6 is 11.8 Å². The number of nitrogens with one attached hydrogen (secondary N) is 1. The molecule has 12 heavy (non-hydrogen) atoms. The van der Waals surface area contributed by atoms with Gasteiger partial charge < -0.3 is 5.32 Å². The summed E-state index contributed by atoms with van der Waals surface area (Å²) in [6.07, 6.45) is 6.30. The predicted molar refractivity (Wildman–Crippen MR) is 57.8 cm³/mol. The van der Waals surface area contributed by atoms with E-state index < -0.39 is 0 Å². The Labute approximate surface area is 80.7 Å². The summed E-state index contributed by atoms with van der Waals surface area (Å²) in [5.41, 5.74) is 0. The third-order valence-electron chi connectivity index (χ3n) is 2.76. The molecule has 0 aromatic carbocycles. The van der Waals surface area contributed by atoms with Crippen LogP contribution < -0.4 is 5.32 Å². The van der Waals surface area contributed by atoms with Crippen molar-refractivity contribution in [3.05, 3.63) is 0 Å². The Kier molecular flexibility index (Phi) is 4.44. The molecule has 2 heteroatoms. The SMILES string of the molecule is CSC(C)CCNC1CC(C)C1. The van der Waals surface area contributed by atoms with E-state index >= 15 is 0 Å². The molecule has 1 fully saturated rings. The molecule has 0 aromatic rings. The van der Waals surface area contributed by atoms with Crippen LogP contribution in [0.5, 0.6) is 0 Å². The van der Waals surface area contributed by atoms with Gasteiger partial charge in [-0.05, 0) is 38.0 Å². The molecular weight excluding hydrogens is 166 g/mol. The molecular formula is C10H21NS. The van der Waals surface area contributed by atoms with Crippen LogP contribution in [0.4, 0.5) is 0 Å². The summed E-state index contributed by atoms with van der Waals surface area (Å²) in [4.78, 5) is 0. The number of thioether (sulfide) groups is 1. The number of hydrogen-bond donors (Lipinski definition) is 1. The molecule has 0 heterocycles.